The Morgan fingerprint density at radius 2 is 1.78 bits per heavy atom. The first kappa shape index (κ1) is 19.5. The molecule has 5 rings (SSSR count). The van der Waals surface area contributed by atoms with Gasteiger partial charge in [-0.2, -0.15) is 5.26 Å². The van der Waals surface area contributed by atoms with Crippen LogP contribution in [0.4, 0.5) is 0 Å². The summed E-state index contributed by atoms with van der Waals surface area (Å²) in [6, 6.07) is 26.3. The fraction of sp³-hybridized carbons (Fsp3) is 0.0769. The number of nitrogens with zero attached hydrogens (tertiary/aromatic N) is 1. The van der Waals surface area contributed by atoms with E-state index < -0.39 is 11.5 Å². The van der Waals surface area contributed by atoms with E-state index in [-0.39, 0.29) is 17.0 Å². The molecule has 0 amide bonds. The standard InChI is InChI=1S/C26H18N2O4/c27-14-20-22(17-9-6-10-18(13-17)30-15-16-7-2-1-3-8-16)23-24(32-25(20)28)19-11-4-5-12-21(19)31-26(23)29/h1-13,22H,15,28H2/t22-/m0/s1. The summed E-state index contributed by atoms with van der Waals surface area (Å²) in [4.78, 5) is 13.0. The number of para-hydroxylation sites is 1. The number of nitrogens with two attached hydrogens (primary N) is 1. The highest BCUT2D eigenvalue weighted by atomic mass is 16.5. The van der Waals surface area contributed by atoms with Crippen molar-refractivity contribution in [3.8, 4) is 17.6 Å². The first-order valence-corrected chi connectivity index (χ1v) is 10.1. The van der Waals surface area contributed by atoms with Gasteiger partial charge in [-0.25, -0.2) is 4.79 Å². The van der Waals surface area contributed by atoms with Crippen LogP contribution in [0.5, 0.6) is 11.5 Å². The van der Waals surface area contributed by atoms with Crippen molar-refractivity contribution in [3.63, 3.8) is 0 Å². The van der Waals surface area contributed by atoms with E-state index in [1.54, 1.807) is 18.2 Å². The largest absolute Gasteiger partial charge is 0.489 e. The van der Waals surface area contributed by atoms with Gasteiger partial charge in [-0.15, -0.1) is 0 Å². The third-order valence-corrected chi connectivity index (χ3v) is 5.41. The van der Waals surface area contributed by atoms with Gasteiger partial charge in [-0.1, -0.05) is 54.6 Å². The van der Waals surface area contributed by atoms with Crippen molar-refractivity contribution in [2.24, 2.45) is 5.73 Å². The van der Waals surface area contributed by atoms with Gasteiger partial charge in [0.15, 0.2) is 5.75 Å². The Hall–Kier alpha value is -4.50. The normalized spacial score (nSPS) is 15.0. The third kappa shape index (κ3) is 3.36. The fourth-order valence-electron chi connectivity index (χ4n) is 3.92. The SMILES string of the molecule is N#CC1=C(N)Oc2c(c(=O)oc3ccccc23)[C@H]1c1cccc(OCc2ccccc2)c1. The number of hydrogen-bond donors (Lipinski definition) is 1. The molecule has 156 valence electrons. The van der Waals surface area contributed by atoms with Crippen LogP contribution >= 0.6 is 0 Å². The molecule has 0 bridgehead atoms. The lowest BCUT2D eigenvalue weighted by Crippen LogP contribution is -2.26. The number of nitriles is 1. The highest BCUT2D eigenvalue weighted by Gasteiger charge is 2.35. The molecular weight excluding hydrogens is 404 g/mol. The highest BCUT2D eigenvalue weighted by molar-refractivity contribution is 5.86. The van der Waals surface area contributed by atoms with Crippen molar-refractivity contribution < 1.29 is 13.9 Å². The molecule has 1 atom stereocenters. The summed E-state index contributed by atoms with van der Waals surface area (Å²) < 4.78 is 17.2. The molecule has 6 nitrogen and oxygen atoms in total. The first-order valence-electron chi connectivity index (χ1n) is 10.1. The van der Waals surface area contributed by atoms with Crippen molar-refractivity contribution in [2.75, 3.05) is 0 Å². The average molecular weight is 422 g/mol. The molecule has 6 heteroatoms. The summed E-state index contributed by atoms with van der Waals surface area (Å²) in [5.74, 6) is 0.163. The molecule has 0 saturated heterocycles. The molecule has 2 heterocycles. The number of rotatable bonds is 4. The zero-order valence-electron chi connectivity index (χ0n) is 16.9. The molecule has 1 aliphatic rings. The first-order chi connectivity index (χ1) is 15.7. The van der Waals surface area contributed by atoms with Crippen LogP contribution in [-0.4, -0.2) is 0 Å². The zero-order valence-corrected chi connectivity index (χ0v) is 16.9. The van der Waals surface area contributed by atoms with Crippen LogP contribution in [0.15, 0.2) is 99.5 Å². The van der Waals surface area contributed by atoms with E-state index in [2.05, 4.69) is 6.07 Å². The molecule has 0 fully saturated rings. The van der Waals surface area contributed by atoms with Crippen molar-refractivity contribution in [1.29, 1.82) is 5.26 Å². The lowest BCUT2D eigenvalue weighted by Gasteiger charge is -2.26. The van der Waals surface area contributed by atoms with Crippen LogP contribution in [0.2, 0.25) is 0 Å². The molecule has 32 heavy (non-hydrogen) atoms. The Morgan fingerprint density at radius 1 is 1.00 bits per heavy atom. The van der Waals surface area contributed by atoms with Crippen LogP contribution in [0.25, 0.3) is 11.0 Å². The van der Waals surface area contributed by atoms with Gasteiger partial charge in [-0.05, 0) is 35.4 Å². The van der Waals surface area contributed by atoms with Crippen molar-refractivity contribution in [3.05, 3.63) is 117 Å². The van der Waals surface area contributed by atoms with Crippen LogP contribution in [-0.2, 0) is 6.61 Å². The van der Waals surface area contributed by atoms with E-state index in [0.717, 1.165) is 5.56 Å². The quantitative estimate of drug-likeness (QED) is 0.483. The Kier molecular flexibility index (Phi) is 4.85. The van der Waals surface area contributed by atoms with Gasteiger partial charge in [0.25, 0.3) is 0 Å². The topological polar surface area (TPSA) is 98.5 Å². The molecule has 0 spiro atoms. The molecule has 4 aromatic rings. The maximum atomic E-state index is 13.0. The number of allylic oxidation sites excluding steroid dienone is 1. The molecule has 0 unspecified atom stereocenters. The maximum absolute atomic E-state index is 13.0. The minimum Gasteiger partial charge on any atom is -0.489 e. The zero-order chi connectivity index (χ0) is 22.1. The number of fused-ring (bicyclic) bond motifs is 3. The number of benzene rings is 3. The van der Waals surface area contributed by atoms with Gasteiger partial charge in [0.2, 0.25) is 5.88 Å². The highest BCUT2D eigenvalue weighted by Crippen LogP contribution is 2.43. The lowest BCUT2D eigenvalue weighted by molar-refractivity contribution is 0.306. The van der Waals surface area contributed by atoms with E-state index in [1.165, 1.54) is 0 Å². The van der Waals surface area contributed by atoms with Gasteiger partial charge < -0.3 is 19.6 Å². The van der Waals surface area contributed by atoms with E-state index in [0.29, 0.717) is 34.6 Å². The molecular formula is C26H18N2O4. The smallest absolute Gasteiger partial charge is 0.344 e. The van der Waals surface area contributed by atoms with Crippen molar-refractivity contribution in [1.82, 2.24) is 0 Å². The van der Waals surface area contributed by atoms with Gasteiger partial charge in [0.1, 0.15) is 29.6 Å². The van der Waals surface area contributed by atoms with Crippen LogP contribution in [0, 0.1) is 11.3 Å². The second kappa shape index (κ2) is 7.97. The molecule has 0 aliphatic carbocycles. The van der Waals surface area contributed by atoms with Crippen molar-refractivity contribution in [2.45, 2.75) is 12.5 Å². The Balaban J connectivity index is 1.61. The summed E-state index contributed by atoms with van der Waals surface area (Å²) in [6.45, 7) is 0.393. The summed E-state index contributed by atoms with van der Waals surface area (Å²) in [5, 5.41) is 10.4. The Bertz CT molecular complexity index is 1450. The predicted octanol–water partition coefficient (Wildman–Crippen LogP) is 4.59. The molecule has 0 radical (unpaired) electrons. The Labute approximate surface area is 183 Å². The van der Waals surface area contributed by atoms with E-state index in [9.17, 15) is 10.1 Å². The van der Waals surface area contributed by atoms with Gasteiger partial charge in [-0.3, -0.25) is 0 Å². The lowest BCUT2D eigenvalue weighted by atomic mass is 9.84. The third-order valence-electron chi connectivity index (χ3n) is 5.41. The van der Waals surface area contributed by atoms with Crippen molar-refractivity contribution >= 4 is 11.0 Å². The van der Waals surface area contributed by atoms with E-state index in [4.69, 9.17) is 19.6 Å². The fourth-order valence-corrected chi connectivity index (χ4v) is 3.92. The molecule has 1 aliphatic heterocycles. The summed E-state index contributed by atoms with van der Waals surface area (Å²) >= 11 is 0. The molecule has 0 saturated carbocycles. The minimum absolute atomic E-state index is 0.0311. The van der Waals surface area contributed by atoms with Gasteiger partial charge in [0, 0.05) is 0 Å². The summed E-state index contributed by atoms with van der Waals surface area (Å²) in [6.07, 6.45) is 0. The second-order valence-electron chi connectivity index (χ2n) is 7.40. The Morgan fingerprint density at radius 3 is 2.59 bits per heavy atom. The van der Waals surface area contributed by atoms with E-state index in [1.807, 2.05) is 60.7 Å². The van der Waals surface area contributed by atoms with Crippen LogP contribution in [0.1, 0.15) is 22.6 Å². The molecule has 2 N–H and O–H groups in total. The van der Waals surface area contributed by atoms with Gasteiger partial charge in [0.05, 0.1) is 16.9 Å². The molecule has 1 aromatic heterocycles. The summed E-state index contributed by atoms with van der Waals surface area (Å²) in [7, 11) is 0. The monoisotopic (exact) mass is 422 g/mol. The summed E-state index contributed by atoms with van der Waals surface area (Å²) in [5.41, 5.74) is 8.05. The second-order valence-corrected chi connectivity index (χ2v) is 7.40. The maximum Gasteiger partial charge on any atom is 0.344 e. The van der Waals surface area contributed by atoms with Gasteiger partial charge >= 0.3 is 5.63 Å². The minimum atomic E-state index is -0.732. The predicted molar refractivity (Wildman–Crippen MR) is 119 cm³/mol. The van der Waals surface area contributed by atoms with Crippen LogP contribution < -0.4 is 20.8 Å². The van der Waals surface area contributed by atoms with Crippen LogP contribution in [0.3, 0.4) is 0 Å². The van der Waals surface area contributed by atoms with E-state index >= 15 is 0 Å². The number of ether oxygens (including phenoxy) is 2. The average Bonchev–Trinajstić information content (AvgIpc) is 2.83. The number of hydrogen-bond acceptors (Lipinski definition) is 6. The molecule has 3 aromatic carbocycles.